The van der Waals surface area contributed by atoms with Crippen LogP contribution >= 0.6 is 12.4 Å². The van der Waals surface area contributed by atoms with Crippen molar-refractivity contribution in [2.75, 3.05) is 14.2 Å². The third kappa shape index (κ3) is 5.09. The van der Waals surface area contributed by atoms with Gasteiger partial charge in [0.15, 0.2) is 5.78 Å². The normalized spacial score (nSPS) is 11.7. The van der Waals surface area contributed by atoms with Gasteiger partial charge in [-0.25, -0.2) is 0 Å². The summed E-state index contributed by atoms with van der Waals surface area (Å²) in [7, 11) is 3.14. The molecule has 0 saturated heterocycles. The average Bonchev–Trinajstić information content (AvgIpc) is 2.36. The Morgan fingerprint density at radius 3 is 1.89 bits per heavy atom. The third-order valence-corrected chi connectivity index (χ3v) is 2.61. The van der Waals surface area contributed by atoms with Crippen molar-refractivity contribution in [3.05, 3.63) is 23.8 Å². The second-order valence-corrected chi connectivity index (χ2v) is 4.51. The van der Waals surface area contributed by atoms with Crippen molar-refractivity contribution in [2.45, 2.75) is 32.9 Å². The second kappa shape index (κ2) is 8.02. The van der Waals surface area contributed by atoms with Gasteiger partial charge in [0.25, 0.3) is 0 Å². The van der Waals surface area contributed by atoms with Gasteiger partial charge in [0, 0.05) is 17.7 Å². The minimum absolute atomic E-state index is 0. The third-order valence-electron chi connectivity index (χ3n) is 2.61. The molecule has 1 rings (SSSR count). The Hall–Kier alpha value is -1.26. The molecule has 1 unspecified atom stereocenters. The van der Waals surface area contributed by atoms with Crippen LogP contribution in [-0.4, -0.2) is 32.1 Å². The highest BCUT2D eigenvalue weighted by molar-refractivity contribution is 6.00. The van der Waals surface area contributed by atoms with E-state index in [9.17, 15) is 4.79 Å². The number of hydrogen-bond donors (Lipinski definition) is 1. The lowest BCUT2D eigenvalue weighted by atomic mass is 10.0. The molecule has 0 radical (unpaired) electrons. The lowest BCUT2D eigenvalue weighted by molar-refractivity contribution is 0.0946. The Labute approximate surface area is 120 Å². The summed E-state index contributed by atoms with van der Waals surface area (Å²) in [5.74, 6) is 1.27. The SMILES string of the molecule is COc1cc(OC)cc(C(=O)C(C)NC(C)C)c1.Cl. The molecule has 0 amide bonds. The molecule has 0 aliphatic carbocycles. The van der Waals surface area contributed by atoms with E-state index in [4.69, 9.17) is 9.47 Å². The minimum Gasteiger partial charge on any atom is -0.497 e. The summed E-state index contributed by atoms with van der Waals surface area (Å²) in [4.78, 5) is 12.2. The highest BCUT2D eigenvalue weighted by Gasteiger charge is 2.17. The molecule has 1 N–H and O–H groups in total. The Balaban J connectivity index is 0.00000324. The summed E-state index contributed by atoms with van der Waals surface area (Å²) in [6.07, 6.45) is 0. The van der Waals surface area contributed by atoms with E-state index in [1.165, 1.54) is 0 Å². The number of carbonyl (C=O) groups excluding carboxylic acids is 1. The van der Waals surface area contributed by atoms with Crippen molar-refractivity contribution in [3.8, 4) is 11.5 Å². The molecular weight excluding hydrogens is 266 g/mol. The van der Waals surface area contributed by atoms with Crippen LogP contribution in [0.1, 0.15) is 31.1 Å². The van der Waals surface area contributed by atoms with Gasteiger partial charge in [-0.2, -0.15) is 0 Å². The maximum absolute atomic E-state index is 12.2. The Morgan fingerprint density at radius 2 is 1.53 bits per heavy atom. The first kappa shape index (κ1) is 17.7. The predicted octanol–water partition coefficient (Wildman–Crippen LogP) is 2.69. The van der Waals surface area contributed by atoms with Gasteiger partial charge in [-0.05, 0) is 19.1 Å². The number of ether oxygens (including phenoxy) is 2. The molecule has 0 spiro atoms. The molecule has 0 aromatic heterocycles. The highest BCUT2D eigenvalue weighted by atomic mass is 35.5. The van der Waals surface area contributed by atoms with E-state index in [0.717, 1.165) is 0 Å². The van der Waals surface area contributed by atoms with Gasteiger partial charge in [0.05, 0.1) is 20.3 Å². The van der Waals surface area contributed by atoms with Gasteiger partial charge in [-0.3, -0.25) is 4.79 Å². The van der Waals surface area contributed by atoms with E-state index in [1.54, 1.807) is 32.4 Å². The van der Waals surface area contributed by atoms with Crippen LogP contribution in [0.5, 0.6) is 11.5 Å². The molecule has 0 heterocycles. The zero-order chi connectivity index (χ0) is 13.7. The van der Waals surface area contributed by atoms with Crippen molar-refractivity contribution in [3.63, 3.8) is 0 Å². The van der Waals surface area contributed by atoms with Crippen LogP contribution in [0, 0.1) is 0 Å². The summed E-state index contributed by atoms with van der Waals surface area (Å²) < 4.78 is 10.3. The summed E-state index contributed by atoms with van der Waals surface area (Å²) in [5, 5.41) is 3.18. The molecule has 108 valence electrons. The van der Waals surface area contributed by atoms with Gasteiger partial charge in [-0.15, -0.1) is 12.4 Å². The number of methoxy groups -OCH3 is 2. The van der Waals surface area contributed by atoms with Crippen molar-refractivity contribution in [1.29, 1.82) is 0 Å². The molecular formula is C14H22ClNO3. The summed E-state index contributed by atoms with van der Waals surface area (Å²) in [6, 6.07) is 5.22. The zero-order valence-corrected chi connectivity index (χ0v) is 12.8. The number of nitrogens with one attached hydrogen (secondary N) is 1. The van der Waals surface area contributed by atoms with E-state index in [0.29, 0.717) is 17.1 Å². The predicted molar refractivity (Wildman–Crippen MR) is 78.9 cm³/mol. The number of hydrogen-bond acceptors (Lipinski definition) is 4. The highest BCUT2D eigenvalue weighted by Crippen LogP contribution is 2.23. The average molecular weight is 288 g/mol. The summed E-state index contributed by atoms with van der Waals surface area (Å²) in [5.41, 5.74) is 0.590. The zero-order valence-electron chi connectivity index (χ0n) is 12.0. The largest absolute Gasteiger partial charge is 0.497 e. The molecule has 19 heavy (non-hydrogen) atoms. The van der Waals surface area contributed by atoms with Crippen molar-refractivity contribution in [2.24, 2.45) is 0 Å². The quantitative estimate of drug-likeness (QED) is 0.817. The van der Waals surface area contributed by atoms with E-state index in [-0.39, 0.29) is 30.3 Å². The van der Waals surface area contributed by atoms with Crippen LogP contribution in [0.3, 0.4) is 0 Å². The van der Waals surface area contributed by atoms with Crippen LogP contribution in [0.25, 0.3) is 0 Å². The standard InChI is InChI=1S/C14H21NO3.ClH/c1-9(2)15-10(3)14(16)11-6-12(17-4)8-13(7-11)18-5;/h6-10,15H,1-5H3;1H. The molecule has 0 aliphatic heterocycles. The van der Waals surface area contributed by atoms with E-state index < -0.39 is 0 Å². The van der Waals surface area contributed by atoms with E-state index in [2.05, 4.69) is 5.32 Å². The number of carbonyl (C=O) groups is 1. The maximum atomic E-state index is 12.2. The Morgan fingerprint density at radius 1 is 1.05 bits per heavy atom. The Bertz CT molecular complexity index is 399. The lowest BCUT2D eigenvalue weighted by Gasteiger charge is -2.16. The molecule has 1 aromatic carbocycles. The van der Waals surface area contributed by atoms with Gasteiger partial charge >= 0.3 is 0 Å². The van der Waals surface area contributed by atoms with Gasteiger partial charge < -0.3 is 14.8 Å². The minimum atomic E-state index is -0.234. The van der Waals surface area contributed by atoms with Gasteiger partial charge in [-0.1, -0.05) is 13.8 Å². The van der Waals surface area contributed by atoms with Crippen LogP contribution in [-0.2, 0) is 0 Å². The fourth-order valence-electron chi connectivity index (χ4n) is 1.78. The molecule has 1 atom stereocenters. The lowest BCUT2D eigenvalue weighted by Crippen LogP contribution is -2.38. The second-order valence-electron chi connectivity index (χ2n) is 4.51. The Kier molecular flexibility index (Phi) is 7.49. The molecule has 0 bridgehead atoms. The van der Waals surface area contributed by atoms with Crippen molar-refractivity contribution < 1.29 is 14.3 Å². The van der Waals surface area contributed by atoms with Crippen LogP contribution in [0.15, 0.2) is 18.2 Å². The van der Waals surface area contributed by atoms with Crippen LogP contribution in [0.2, 0.25) is 0 Å². The fourth-order valence-corrected chi connectivity index (χ4v) is 1.78. The van der Waals surface area contributed by atoms with E-state index in [1.807, 2.05) is 20.8 Å². The van der Waals surface area contributed by atoms with Crippen molar-refractivity contribution >= 4 is 18.2 Å². The van der Waals surface area contributed by atoms with Gasteiger partial charge in [0.1, 0.15) is 11.5 Å². The number of Topliss-reactive ketones (excluding diaryl/α,β-unsaturated/α-hetero) is 1. The first-order valence-electron chi connectivity index (χ1n) is 6.01. The number of ketones is 1. The molecule has 5 heteroatoms. The van der Waals surface area contributed by atoms with Crippen molar-refractivity contribution in [1.82, 2.24) is 5.32 Å². The smallest absolute Gasteiger partial charge is 0.179 e. The number of rotatable bonds is 6. The summed E-state index contributed by atoms with van der Waals surface area (Å²) >= 11 is 0. The monoisotopic (exact) mass is 287 g/mol. The summed E-state index contributed by atoms with van der Waals surface area (Å²) in [6.45, 7) is 5.88. The van der Waals surface area contributed by atoms with Gasteiger partial charge in [0.2, 0.25) is 0 Å². The molecule has 0 saturated carbocycles. The van der Waals surface area contributed by atoms with Crippen LogP contribution < -0.4 is 14.8 Å². The maximum Gasteiger partial charge on any atom is 0.179 e. The molecule has 1 aromatic rings. The number of benzene rings is 1. The first-order valence-corrected chi connectivity index (χ1v) is 6.01. The fraction of sp³-hybridized carbons (Fsp3) is 0.500. The molecule has 4 nitrogen and oxygen atoms in total. The first-order chi connectivity index (χ1) is 8.47. The van der Waals surface area contributed by atoms with Crippen LogP contribution in [0.4, 0.5) is 0 Å². The topological polar surface area (TPSA) is 47.6 Å². The molecule has 0 fully saturated rings. The van der Waals surface area contributed by atoms with E-state index >= 15 is 0 Å². The number of halogens is 1. The molecule has 0 aliphatic rings.